The Hall–Kier alpha value is -3.79. The van der Waals surface area contributed by atoms with E-state index in [1.165, 1.54) is 24.6 Å². The standard InChI is InChI=1S/C22H23FN6O3/c1-31-18-6-2-5-15-21(18)29-19(27-15)7-10-24-11-8-20-28-17(13-32-20)22(30)26-12-16-14(23)4-3-9-25-16/h2-6,9,13,24H,7-8,10-12H2,1H3,(H,26,30)(H,27,29). The summed E-state index contributed by atoms with van der Waals surface area (Å²) < 4.78 is 24.3. The minimum absolute atomic E-state index is 0.0249. The predicted octanol–water partition coefficient (Wildman–Crippen LogP) is 2.40. The van der Waals surface area contributed by atoms with Gasteiger partial charge in [0.25, 0.3) is 5.91 Å². The molecular weight excluding hydrogens is 415 g/mol. The summed E-state index contributed by atoms with van der Waals surface area (Å²) >= 11 is 0. The van der Waals surface area contributed by atoms with Crippen molar-refractivity contribution >= 4 is 16.9 Å². The van der Waals surface area contributed by atoms with Crippen LogP contribution in [0.5, 0.6) is 5.75 Å². The number of rotatable bonds is 10. The quantitative estimate of drug-likeness (QED) is 0.325. The summed E-state index contributed by atoms with van der Waals surface area (Å²) in [7, 11) is 1.63. The molecule has 3 aromatic heterocycles. The largest absolute Gasteiger partial charge is 0.494 e. The Kier molecular flexibility index (Phi) is 6.71. The zero-order chi connectivity index (χ0) is 22.3. The molecule has 3 N–H and O–H groups in total. The van der Waals surface area contributed by atoms with Gasteiger partial charge in [-0.1, -0.05) is 6.07 Å². The summed E-state index contributed by atoms with van der Waals surface area (Å²) in [6.45, 7) is 1.32. The van der Waals surface area contributed by atoms with Crippen molar-refractivity contribution in [3.63, 3.8) is 0 Å². The number of carbonyl (C=O) groups excluding carboxylic acids is 1. The highest BCUT2D eigenvalue weighted by Gasteiger charge is 2.13. The van der Waals surface area contributed by atoms with Gasteiger partial charge in [0, 0.05) is 32.1 Å². The number of H-pyrrole nitrogens is 1. The van der Waals surface area contributed by atoms with Crippen LogP contribution in [0.4, 0.5) is 4.39 Å². The molecule has 1 amide bonds. The zero-order valence-corrected chi connectivity index (χ0v) is 17.5. The number of aromatic amines is 1. The number of amides is 1. The highest BCUT2D eigenvalue weighted by molar-refractivity contribution is 5.91. The second-order valence-corrected chi connectivity index (χ2v) is 7.03. The minimum atomic E-state index is -0.471. The maximum absolute atomic E-state index is 13.6. The number of aromatic nitrogens is 4. The Labute approximate surface area is 183 Å². The van der Waals surface area contributed by atoms with Crippen molar-refractivity contribution in [2.24, 2.45) is 0 Å². The second-order valence-electron chi connectivity index (χ2n) is 7.03. The van der Waals surface area contributed by atoms with Crippen LogP contribution in [-0.4, -0.2) is 46.0 Å². The van der Waals surface area contributed by atoms with Gasteiger partial charge in [0.15, 0.2) is 11.6 Å². The highest BCUT2D eigenvalue weighted by atomic mass is 19.1. The van der Waals surface area contributed by atoms with Gasteiger partial charge >= 0.3 is 0 Å². The third-order valence-corrected chi connectivity index (χ3v) is 4.83. The number of fused-ring (bicyclic) bond motifs is 1. The fourth-order valence-electron chi connectivity index (χ4n) is 3.20. The van der Waals surface area contributed by atoms with E-state index in [0.717, 1.165) is 29.0 Å². The third kappa shape index (κ3) is 5.09. The third-order valence-electron chi connectivity index (χ3n) is 4.83. The first-order valence-corrected chi connectivity index (χ1v) is 10.2. The molecule has 32 heavy (non-hydrogen) atoms. The van der Waals surface area contributed by atoms with Crippen molar-refractivity contribution < 1.29 is 18.3 Å². The number of halogens is 1. The number of ether oxygens (including phenoxy) is 1. The van der Waals surface area contributed by atoms with E-state index in [2.05, 4.69) is 30.6 Å². The molecule has 0 aliphatic carbocycles. The fourth-order valence-corrected chi connectivity index (χ4v) is 3.20. The number of nitrogens with zero attached hydrogens (tertiary/aromatic N) is 3. The SMILES string of the molecule is COc1cccc2[nH]c(CCNCCc3nc(C(=O)NCc4ncccc4F)co3)nc12. The topological polar surface area (TPSA) is 118 Å². The number of para-hydroxylation sites is 1. The Bertz CT molecular complexity index is 1210. The molecular formula is C22H23FN6O3. The van der Waals surface area contributed by atoms with E-state index in [4.69, 9.17) is 9.15 Å². The first kappa shape index (κ1) is 21.4. The summed E-state index contributed by atoms with van der Waals surface area (Å²) in [4.78, 5) is 28.1. The van der Waals surface area contributed by atoms with Crippen LogP contribution in [0, 0.1) is 5.82 Å². The first-order valence-electron chi connectivity index (χ1n) is 10.2. The van der Waals surface area contributed by atoms with Crippen molar-refractivity contribution in [2.75, 3.05) is 20.2 Å². The van der Waals surface area contributed by atoms with Crippen LogP contribution >= 0.6 is 0 Å². The van der Waals surface area contributed by atoms with Crippen LogP contribution in [0.2, 0.25) is 0 Å². The van der Waals surface area contributed by atoms with Crippen LogP contribution in [0.25, 0.3) is 11.0 Å². The van der Waals surface area contributed by atoms with Crippen molar-refractivity contribution in [1.29, 1.82) is 0 Å². The number of benzene rings is 1. The van der Waals surface area contributed by atoms with Gasteiger partial charge in [0.05, 0.1) is 24.9 Å². The molecule has 1 aromatic carbocycles. The van der Waals surface area contributed by atoms with Crippen LogP contribution in [0.3, 0.4) is 0 Å². The van der Waals surface area contributed by atoms with E-state index in [0.29, 0.717) is 25.4 Å². The molecule has 4 rings (SSSR count). The van der Waals surface area contributed by atoms with Gasteiger partial charge in [-0.2, -0.15) is 0 Å². The molecule has 4 aromatic rings. The number of hydrogen-bond acceptors (Lipinski definition) is 7. The molecule has 0 aliphatic heterocycles. The lowest BCUT2D eigenvalue weighted by Crippen LogP contribution is -2.24. The van der Waals surface area contributed by atoms with Crippen LogP contribution in [-0.2, 0) is 19.4 Å². The molecule has 0 aliphatic rings. The normalized spacial score (nSPS) is 11.1. The number of pyridine rings is 1. The lowest BCUT2D eigenvalue weighted by atomic mass is 10.3. The van der Waals surface area contributed by atoms with E-state index in [-0.39, 0.29) is 17.9 Å². The van der Waals surface area contributed by atoms with Gasteiger partial charge in [-0.05, 0) is 24.3 Å². The van der Waals surface area contributed by atoms with Gasteiger partial charge < -0.3 is 24.8 Å². The Morgan fingerprint density at radius 1 is 1.19 bits per heavy atom. The lowest BCUT2D eigenvalue weighted by Gasteiger charge is -2.03. The van der Waals surface area contributed by atoms with E-state index in [1.807, 2.05) is 18.2 Å². The summed E-state index contributed by atoms with van der Waals surface area (Å²) in [5, 5.41) is 5.89. The Balaban J connectivity index is 1.20. The molecule has 0 unspecified atom stereocenters. The molecule has 0 fully saturated rings. The fraction of sp³-hybridized carbons (Fsp3) is 0.273. The lowest BCUT2D eigenvalue weighted by molar-refractivity contribution is 0.0945. The smallest absolute Gasteiger partial charge is 0.273 e. The molecule has 0 atom stereocenters. The second kappa shape index (κ2) is 10.0. The van der Waals surface area contributed by atoms with E-state index in [9.17, 15) is 9.18 Å². The molecule has 0 saturated carbocycles. The Morgan fingerprint density at radius 2 is 2.06 bits per heavy atom. The molecule has 0 bridgehead atoms. The zero-order valence-electron chi connectivity index (χ0n) is 17.5. The highest BCUT2D eigenvalue weighted by Crippen LogP contribution is 2.22. The van der Waals surface area contributed by atoms with E-state index in [1.54, 1.807) is 7.11 Å². The Morgan fingerprint density at radius 3 is 2.91 bits per heavy atom. The molecule has 166 valence electrons. The van der Waals surface area contributed by atoms with Crippen LogP contribution < -0.4 is 15.4 Å². The number of imidazole rings is 1. The summed E-state index contributed by atoms with van der Waals surface area (Å²) in [5.41, 5.74) is 2.07. The van der Waals surface area contributed by atoms with Gasteiger partial charge in [0.2, 0.25) is 0 Å². The molecule has 0 radical (unpaired) electrons. The molecule has 3 heterocycles. The van der Waals surface area contributed by atoms with Crippen LogP contribution in [0.15, 0.2) is 47.2 Å². The molecule has 0 spiro atoms. The summed E-state index contributed by atoms with van der Waals surface area (Å²) in [5.74, 6) is 1.14. The van der Waals surface area contributed by atoms with Crippen molar-refractivity contribution in [2.45, 2.75) is 19.4 Å². The molecule has 9 nitrogen and oxygen atoms in total. The summed E-state index contributed by atoms with van der Waals surface area (Å²) in [6.07, 6.45) is 4.01. The minimum Gasteiger partial charge on any atom is -0.494 e. The number of carbonyl (C=O) groups is 1. The summed E-state index contributed by atoms with van der Waals surface area (Å²) in [6, 6.07) is 8.55. The number of hydrogen-bond donors (Lipinski definition) is 3. The average Bonchev–Trinajstić information content (AvgIpc) is 3.45. The molecule has 0 saturated heterocycles. The van der Waals surface area contributed by atoms with E-state index >= 15 is 0 Å². The van der Waals surface area contributed by atoms with E-state index < -0.39 is 11.7 Å². The van der Waals surface area contributed by atoms with Crippen molar-refractivity contribution in [1.82, 2.24) is 30.6 Å². The number of oxazole rings is 1. The van der Waals surface area contributed by atoms with Gasteiger partial charge in [-0.25, -0.2) is 14.4 Å². The predicted molar refractivity (Wildman–Crippen MR) is 115 cm³/mol. The first-order chi connectivity index (χ1) is 15.6. The van der Waals surface area contributed by atoms with Gasteiger partial charge in [-0.15, -0.1) is 0 Å². The maximum Gasteiger partial charge on any atom is 0.273 e. The molecule has 10 heteroatoms. The average molecular weight is 438 g/mol. The van der Waals surface area contributed by atoms with Gasteiger partial charge in [0.1, 0.15) is 29.2 Å². The van der Waals surface area contributed by atoms with Gasteiger partial charge in [-0.3, -0.25) is 9.78 Å². The van der Waals surface area contributed by atoms with Crippen molar-refractivity contribution in [3.8, 4) is 5.75 Å². The van der Waals surface area contributed by atoms with Crippen molar-refractivity contribution in [3.05, 3.63) is 71.7 Å². The van der Waals surface area contributed by atoms with Crippen LogP contribution in [0.1, 0.15) is 27.9 Å². The maximum atomic E-state index is 13.6. The number of nitrogens with one attached hydrogen (secondary N) is 3. The monoisotopic (exact) mass is 438 g/mol. The number of methoxy groups -OCH3 is 1.